The van der Waals surface area contributed by atoms with E-state index in [9.17, 15) is 4.79 Å². The van der Waals surface area contributed by atoms with Gasteiger partial charge < -0.3 is 10.4 Å². The number of amides is 1. The topological polar surface area (TPSA) is 82.0 Å². The lowest BCUT2D eigenvalue weighted by molar-refractivity contribution is -0.134. The van der Waals surface area contributed by atoms with Gasteiger partial charge in [-0.25, -0.2) is 9.41 Å². The molecule has 0 aliphatic carbocycles. The maximum atomic E-state index is 12.9. The Bertz CT molecular complexity index is 1140. The number of fused-ring (bicyclic) bond motifs is 2. The van der Waals surface area contributed by atoms with Crippen LogP contribution >= 0.6 is 23.4 Å². The van der Waals surface area contributed by atoms with E-state index in [1.807, 2.05) is 42.5 Å². The molecular weight excluding hydrogens is 401 g/mol. The van der Waals surface area contributed by atoms with E-state index in [0.29, 0.717) is 27.6 Å². The zero-order valence-corrected chi connectivity index (χ0v) is 16.2. The van der Waals surface area contributed by atoms with Gasteiger partial charge in [0.05, 0.1) is 23.3 Å². The number of aliphatic imine (C=N–C) groups is 1. The second-order valence-corrected chi connectivity index (χ2v) is 6.56. The third-order valence-electron chi connectivity index (χ3n) is 3.94. The van der Waals surface area contributed by atoms with Crippen molar-refractivity contribution < 1.29 is 14.7 Å². The summed E-state index contributed by atoms with van der Waals surface area (Å²) >= 11 is 12.8. The lowest BCUT2D eigenvalue weighted by Gasteiger charge is -2.19. The summed E-state index contributed by atoms with van der Waals surface area (Å²) in [6.45, 7) is 1.08. The molecule has 0 saturated heterocycles. The van der Waals surface area contributed by atoms with Gasteiger partial charge in [0.15, 0.2) is 0 Å². The van der Waals surface area contributed by atoms with Crippen molar-refractivity contribution in [2.45, 2.75) is 6.92 Å². The number of rotatable bonds is 1. The molecule has 0 spiro atoms. The largest absolute Gasteiger partial charge is 0.481 e. The number of hydrogen-bond acceptors (Lipinski definition) is 4. The molecule has 2 aliphatic heterocycles. The fourth-order valence-electron chi connectivity index (χ4n) is 2.87. The van der Waals surface area contributed by atoms with Crippen LogP contribution in [-0.2, 0) is 9.59 Å². The van der Waals surface area contributed by atoms with E-state index in [-0.39, 0.29) is 5.91 Å². The van der Waals surface area contributed by atoms with Crippen LogP contribution in [0.2, 0.25) is 5.02 Å². The molecule has 0 fully saturated rings. The maximum absolute atomic E-state index is 12.9. The third kappa shape index (κ3) is 3.78. The van der Waals surface area contributed by atoms with Crippen LogP contribution in [0.4, 0.5) is 0 Å². The smallest absolute Gasteiger partial charge is 0.300 e. The van der Waals surface area contributed by atoms with Crippen molar-refractivity contribution in [1.29, 1.82) is 0 Å². The molecule has 28 heavy (non-hydrogen) atoms. The molecule has 2 aliphatic rings. The number of carbonyl (C=O) groups excluding carboxylic acids is 1. The Morgan fingerprint density at radius 3 is 2.39 bits per heavy atom. The zero-order chi connectivity index (χ0) is 20.3. The van der Waals surface area contributed by atoms with Crippen LogP contribution in [0.3, 0.4) is 0 Å². The van der Waals surface area contributed by atoms with Crippen molar-refractivity contribution in [3.63, 3.8) is 0 Å². The lowest BCUT2D eigenvalue weighted by Crippen LogP contribution is -2.34. The minimum atomic E-state index is -0.833. The number of carboxylic acids is 1. The number of carbonyl (C=O) groups is 2. The molecule has 142 valence electrons. The number of halogens is 2. The lowest BCUT2D eigenvalue weighted by atomic mass is 10.1. The van der Waals surface area contributed by atoms with Crippen LogP contribution < -0.4 is 15.8 Å². The molecule has 1 amide bonds. The minimum Gasteiger partial charge on any atom is -0.481 e. The first-order chi connectivity index (χ1) is 13.4. The number of benzene rings is 2. The van der Waals surface area contributed by atoms with E-state index in [1.54, 1.807) is 12.4 Å². The number of carboxylic acid groups (broad SMARTS) is 1. The Labute approximate surface area is 170 Å². The Hall–Kier alpha value is -3.09. The van der Waals surface area contributed by atoms with Gasteiger partial charge in [-0.1, -0.05) is 54.1 Å². The van der Waals surface area contributed by atoms with E-state index < -0.39 is 5.97 Å². The molecule has 2 aromatic carbocycles. The molecule has 0 saturated carbocycles. The van der Waals surface area contributed by atoms with Gasteiger partial charge in [-0.05, 0) is 6.07 Å². The van der Waals surface area contributed by atoms with E-state index >= 15 is 0 Å². The van der Waals surface area contributed by atoms with Crippen molar-refractivity contribution >= 4 is 53.0 Å². The predicted molar refractivity (Wildman–Crippen MR) is 109 cm³/mol. The molecule has 0 radical (unpaired) electrons. The van der Waals surface area contributed by atoms with Crippen LogP contribution in [0.25, 0.3) is 11.4 Å². The highest BCUT2D eigenvalue weighted by Gasteiger charge is 2.29. The van der Waals surface area contributed by atoms with Gasteiger partial charge in [0.25, 0.3) is 11.9 Å². The molecule has 6 nitrogen and oxygen atoms in total. The van der Waals surface area contributed by atoms with Gasteiger partial charge in [0.1, 0.15) is 0 Å². The van der Waals surface area contributed by atoms with E-state index in [2.05, 4.69) is 10.3 Å². The highest BCUT2D eigenvalue weighted by molar-refractivity contribution is 6.34. The molecule has 4 rings (SSSR count). The SMILES string of the molecule is CC(=O)O.O=C1C2=CN=CNC2=c2ccccc2=C(c2ccccc2Cl)N1Cl. The molecule has 0 atom stereocenters. The minimum absolute atomic E-state index is 0.359. The van der Waals surface area contributed by atoms with Crippen LogP contribution in [-0.4, -0.2) is 27.7 Å². The van der Waals surface area contributed by atoms with Gasteiger partial charge >= 0.3 is 0 Å². The molecule has 2 aromatic rings. The summed E-state index contributed by atoms with van der Waals surface area (Å²) < 4.78 is 1.11. The fraction of sp³-hybridized carbons (Fsp3) is 0.0500. The summed E-state index contributed by atoms with van der Waals surface area (Å²) in [5, 5.41) is 12.7. The van der Waals surface area contributed by atoms with E-state index in [1.165, 1.54) is 6.20 Å². The Morgan fingerprint density at radius 1 is 1.11 bits per heavy atom. The summed E-state index contributed by atoms with van der Waals surface area (Å²) in [5.41, 5.74) is 2.32. The van der Waals surface area contributed by atoms with E-state index in [4.69, 9.17) is 33.3 Å². The van der Waals surface area contributed by atoms with Crippen LogP contribution in [0, 0.1) is 0 Å². The van der Waals surface area contributed by atoms with E-state index in [0.717, 1.165) is 21.8 Å². The van der Waals surface area contributed by atoms with Gasteiger partial charge in [0.2, 0.25) is 0 Å². The molecule has 2 N–H and O–H groups in total. The summed E-state index contributed by atoms with van der Waals surface area (Å²) in [6, 6.07) is 15.0. The quantitative estimate of drug-likeness (QED) is 0.699. The standard InChI is InChI=1S/C18H11Cl2N3O.C2H4O2/c19-15-8-4-3-7-13(15)17-12-6-2-1-5-11(12)16-14(9-21-10-22-16)18(24)23(17)20;1-2(3)4/h1-10H,(H,21,22);1H3,(H,3,4). The number of nitrogens with one attached hydrogen (secondary N) is 1. The Morgan fingerprint density at radius 2 is 1.71 bits per heavy atom. The Balaban J connectivity index is 0.000000516. The van der Waals surface area contributed by atoms with Gasteiger partial charge in [-0.3, -0.25) is 9.59 Å². The van der Waals surface area contributed by atoms with Crippen molar-refractivity contribution in [3.05, 3.63) is 81.3 Å². The molecule has 8 heteroatoms. The summed E-state index contributed by atoms with van der Waals surface area (Å²) in [6.07, 6.45) is 3.05. The van der Waals surface area contributed by atoms with Gasteiger partial charge in [-0.2, -0.15) is 0 Å². The number of nitrogens with zero attached hydrogens (tertiary/aromatic N) is 2. The first kappa shape index (κ1) is 19.7. The molecule has 2 heterocycles. The normalized spacial score (nSPS) is 14.8. The van der Waals surface area contributed by atoms with Gasteiger partial charge in [0, 0.05) is 45.9 Å². The van der Waals surface area contributed by atoms with Crippen LogP contribution in [0.5, 0.6) is 0 Å². The summed E-state index contributed by atoms with van der Waals surface area (Å²) in [5.74, 6) is -1.19. The highest BCUT2D eigenvalue weighted by Crippen LogP contribution is 2.29. The third-order valence-corrected chi connectivity index (χ3v) is 4.59. The second-order valence-electron chi connectivity index (χ2n) is 5.82. The second kappa shape index (κ2) is 8.29. The maximum Gasteiger partial charge on any atom is 0.300 e. The average molecular weight is 416 g/mol. The van der Waals surface area contributed by atoms with Crippen molar-refractivity contribution in [3.8, 4) is 0 Å². The highest BCUT2D eigenvalue weighted by atomic mass is 35.5. The summed E-state index contributed by atoms with van der Waals surface area (Å²) in [4.78, 5) is 25.9. The molecular formula is C20H15Cl2N3O3. The predicted octanol–water partition coefficient (Wildman–Crippen LogP) is 2.21. The Kier molecular flexibility index (Phi) is 5.82. The number of aliphatic carboxylic acids is 1. The summed E-state index contributed by atoms with van der Waals surface area (Å²) in [7, 11) is 0. The van der Waals surface area contributed by atoms with Crippen molar-refractivity contribution in [1.82, 2.24) is 9.74 Å². The van der Waals surface area contributed by atoms with Crippen molar-refractivity contribution in [2.75, 3.05) is 0 Å². The average Bonchev–Trinajstić information content (AvgIpc) is 2.77. The zero-order valence-electron chi connectivity index (χ0n) is 14.7. The molecule has 0 bridgehead atoms. The molecule has 0 aromatic heterocycles. The van der Waals surface area contributed by atoms with Gasteiger partial charge in [-0.15, -0.1) is 0 Å². The first-order valence-electron chi connectivity index (χ1n) is 8.19. The monoisotopic (exact) mass is 415 g/mol. The number of hydrogen-bond donors (Lipinski definition) is 2. The van der Waals surface area contributed by atoms with Crippen molar-refractivity contribution in [2.24, 2.45) is 4.99 Å². The van der Waals surface area contributed by atoms with Crippen LogP contribution in [0.1, 0.15) is 12.5 Å². The first-order valence-corrected chi connectivity index (χ1v) is 8.90. The molecule has 0 unspecified atom stereocenters. The fourth-order valence-corrected chi connectivity index (χ4v) is 3.36. The van der Waals surface area contributed by atoms with Crippen LogP contribution in [0.15, 0.2) is 65.3 Å².